The van der Waals surface area contributed by atoms with Gasteiger partial charge >= 0.3 is 12.0 Å². The molecule has 1 aromatic heterocycles. The SMILES string of the molecule is CC(C)(CC(=O)O)NC(=O)NCc1sccc1Br. The van der Waals surface area contributed by atoms with Crippen LogP contribution in [-0.4, -0.2) is 22.6 Å². The van der Waals surface area contributed by atoms with Gasteiger partial charge in [0.1, 0.15) is 0 Å². The average Bonchev–Trinajstić information content (AvgIpc) is 2.58. The molecule has 1 aromatic rings. The van der Waals surface area contributed by atoms with Crippen LogP contribution in [-0.2, 0) is 11.3 Å². The summed E-state index contributed by atoms with van der Waals surface area (Å²) in [7, 11) is 0. The molecule has 0 unspecified atom stereocenters. The Hall–Kier alpha value is -1.08. The van der Waals surface area contributed by atoms with E-state index in [-0.39, 0.29) is 12.5 Å². The van der Waals surface area contributed by atoms with Gasteiger partial charge in [0.25, 0.3) is 0 Å². The number of urea groups is 1. The van der Waals surface area contributed by atoms with E-state index in [1.165, 1.54) is 11.3 Å². The van der Waals surface area contributed by atoms with Crippen LogP contribution in [0.15, 0.2) is 15.9 Å². The van der Waals surface area contributed by atoms with Gasteiger partial charge in [0.2, 0.25) is 0 Å². The molecule has 0 aliphatic rings. The van der Waals surface area contributed by atoms with Crippen molar-refractivity contribution in [1.29, 1.82) is 0 Å². The van der Waals surface area contributed by atoms with Crippen LogP contribution in [0.4, 0.5) is 4.79 Å². The maximum Gasteiger partial charge on any atom is 0.315 e. The van der Waals surface area contributed by atoms with Gasteiger partial charge in [-0.3, -0.25) is 4.79 Å². The van der Waals surface area contributed by atoms with E-state index in [0.717, 1.165) is 9.35 Å². The van der Waals surface area contributed by atoms with Crippen LogP contribution in [0.25, 0.3) is 0 Å². The Bertz CT molecular complexity index is 445. The van der Waals surface area contributed by atoms with E-state index in [4.69, 9.17) is 5.11 Å². The number of carbonyl (C=O) groups excluding carboxylic acids is 1. The monoisotopic (exact) mass is 334 g/mol. The van der Waals surface area contributed by atoms with Gasteiger partial charge in [-0.2, -0.15) is 0 Å². The minimum atomic E-state index is -0.943. The lowest BCUT2D eigenvalue weighted by Gasteiger charge is -2.24. The highest BCUT2D eigenvalue weighted by Gasteiger charge is 2.23. The first-order valence-electron chi connectivity index (χ1n) is 5.30. The van der Waals surface area contributed by atoms with Crippen LogP contribution < -0.4 is 10.6 Å². The van der Waals surface area contributed by atoms with Crippen molar-refractivity contribution < 1.29 is 14.7 Å². The molecule has 0 saturated heterocycles. The van der Waals surface area contributed by atoms with Crippen molar-refractivity contribution in [2.24, 2.45) is 0 Å². The van der Waals surface area contributed by atoms with E-state index in [1.54, 1.807) is 13.8 Å². The van der Waals surface area contributed by atoms with Gasteiger partial charge < -0.3 is 15.7 Å². The van der Waals surface area contributed by atoms with Crippen LogP contribution >= 0.6 is 27.3 Å². The number of nitrogens with one attached hydrogen (secondary N) is 2. The molecule has 1 heterocycles. The lowest BCUT2D eigenvalue weighted by atomic mass is 10.0. The van der Waals surface area contributed by atoms with Gasteiger partial charge in [0.15, 0.2) is 0 Å². The average molecular weight is 335 g/mol. The number of hydrogen-bond donors (Lipinski definition) is 3. The van der Waals surface area contributed by atoms with Crippen LogP contribution in [0.5, 0.6) is 0 Å². The summed E-state index contributed by atoms with van der Waals surface area (Å²) < 4.78 is 0.956. The summed E-state index contributed by atoms with van der Waals surface area (Å²) in [5.41, 5.74) is -0.775. The lowest BCUT2D eigenvalue weighted by molar-refractivity contribution is -0.138. The molecule has 0 aliphatic heterocycles. The number of hydrogen-bond acceptors (Lipinski definition) is 3. The quantitative estimate of drug-likeness (QED) is 0.774. The van der Waals surface area contributed by atoms with Crippen LogP contribution in [0, 0.1) is 0 Å². The standard InChI is InChI=1S/C11H15BrN2O3S/c1-11(2,5-9(15)16)14-10(17)13-6-8-7(12)3-4-18-8/h3-4H,5-6H2,1-2H3,(H,15,16)(H2,13,14,17). The molecule has 0 aliphatic carbocycles. The molecular formula is C11H15BrN2O3S. The van der Waals surface area contributed by atoms with Crippen molar-refractivity contribution in [3.63, 3.8) is 0 Å². The van der Waals surface area contributed by atoms with Crippen LogP contribution in [0.1, 0.15) is 25.1 Å². The number of thiophene rings is 1. The third-order valence-corrected chi connectivity index (χ3v) is 4.07. The highest BCUT2D eigenvalue weighted by atomic mass is 79.9. The van der Waals surface area contributed by atoms with E-state index in [0.29, 0.717) is 6.54 Å². The predicted octanol–water partition coefficient (Wildman–Crippen LogP) is 2.56. The number of carbonyl (C=O) groups is 2. The first-order chi connectivity index (χ1) is 8.30. The fraction of sp³-hybridized carbons (Fsp3) is 0.455. The van der Waals surface area contributed by atoms with Crippen molar-refractivity contribution >= 4 is 39.3 Å². The van der Waals surface area contributed by atoms with Crippen LogP contribution in [0.2, 0.25) is 0 Å². The molecule has 0 fully saturated rings. The fourth-order valence-electron chi connectivity index (χ4n) is 1.39. The summed E-state index contributed by atoms with van der Waals surface area (Å²) in [6, 6.07) is 1.54. The Morgan fingerprint density at radius 3 is 2.67 bits per heavy atom. The van der Waals surface area contributed by atoms with Gasteiger partial charge in [0, 0.05) is 14.9 Å². The molecule has 2 amide bonds. The Morgan fingerprint density at radius 2 is 2.17 bits per heavy atom. The lowest BCUT2D eigenvalue weighted by Crippen LogP contribution is -2.49. The summed E-state index contributed by atoms with van der Waals surface area (Å²) in [6.45, 7) is 3.75. The minimum Gasteiger partial charge on any atom is -0.481 e. The van der Waals surface area contributed by atoms with E-state index in [1.807, 2.05) is 11.4 Å². The number of rotatable bonds is 5. The topological polar surface area (TPSA) is 78.4 Å². The van der Waals surface area contributed by atoms with E-state index < -0.39 is 11.5 Å². The molecule has 0 radical (unpaired) electrons. The maximum atomic E-state index is 11.6. The third-order valence-electron chi connectivity index (χ3n) is 2.15. The smallest absolute Gasteiger partial charge is 0.315 e. The Labute approximate surface area is 118 Å². The summed E-state index contributed by atoms with van der Waals surface area (Å²) in [6.07, 6.45) is -0.122. The van der Waals surface area contributed by atoms with Crippen molar-refractivity contribution in [3.8, 4) is 0 Å². The normalized spacial score (nSPS) is 11.1. The maximum absolute atomic E-state index is 11.6. The summed E-state index contributed by atoms with van der Waals surface area (Å²) >= 11 is 4.91. The summed E-state index contributed by atoms with van der Waals surface area (Å²) in [5, 5.41) is 15.9. The third kappa shape index (κ3) is 5.05. The van der Waals surface area contributed by atoms with Gasteiger partial charge in [-0.1, -0.05) is 0 Å². The van der Waals surface area contributed by atoms with E-state index in [9.17, 15) is 9.59 Å². The first-order valence-corrected chi connectivity index (χ1v) is 6.97. The summed E-state index contributed by atoms with van der Waals surface area (Å²) in [5.74, 6) is -0.943. The molecule has 0 spiro atoms. The van der Waals surface area contributed by atoms with Crippen molar-refractivity contribution in [2.45, 2.75) is 32.4 Å². The number of halogens is 1. The second-order valence-corrected chi connectivity index (χ2v) is 6.31. The van der Waals surface area contributed by atoms with Gasteiger partial charge in [-0.25, -0.2) is 4.79 Å². The van der Waals surface area contributed by atoms with E-state index in [2.05, 4.69) is 26.6 Å². The highest BCUT2D eigenvalue weighted by molar-refractivity contribution is 9.10. The number of aliphatic carboxylic acids is 1. The van der Waals surface area contributed by atoms with Gasteiger partial charge in [-0.05, 0) is 41.2 Å². The predicted molar refractivity (Wildman–Crippen MR) is 73.7 cm³/mol. The zero-order chi connectivity index (χ0) is 13.8. The van der Waals surface area contributed by atoms with Crippen molar-refractivity contribution in [1.82, 2.24) is 10.6 Å². The molecule has 5 nitrogen and oxygen atoms in total. The second-order valence-electron chi connectivity index (χ2n) is 4.45. The molecule has 0 atom stereocenters. The molecule has 7 heteroatoms. The zero-order valence-electron chi connectivity index (χ0n) is 10.1. The number of carboxylic acids is 1. The molecule has 1 rings (SSSR count). The Morgan fingerprint density at radius 1 is 1.50 bits per heavy atom. The molecule has 0 aromatic carbocycles. The van der Waals surface area contributed by atoms with Crippen molar-refractivity contribution in [3.05, 3.63) is 20.8 Å². The fourth-order valence-corrected chi connectivity index (χ4v) is 2.82. The zero-order valence-corrected chi connectivity index (χ0v) is 12.5. The Balaban J connectivity index is 2.42. The van der Waals surface area contributed by atoms with Crippen LogP contribution in [0.3, 0.4) is 0 Å². The number of amides is 2. The highest BCUT2D eigenvalue weighted by Crippen LogP contribution is 2.22. The Kier molecular flexibility index (Phi) is 5.15. The van der Waals surface area contributed by atoms with E-state index >= 15 is 0 Å². The largest absolute Gasteiger partial charge is 0.481 e. The van der Waals surface area contributed by atoms with Gasteiger partial charge in [-0.15, -0.1) is 11.3 Å². The molecular weight excluding hydrogens is 320 g/mol. The van der Waals surface area contributed by atoms with Gasteiger partial charge in [0.05, 0.1) is 13.0 Å². The number of carboxylic acid groups (broad SMARTS) is 1. The minimum absolute atomic E-state index is 0.122. The first kappa shape index (κ1) is 15.0. The molecule has 100 valence electrons. The molecule has 0 saturated carbocycles. The molecule has 0 bridgehead atoms. The molecule has 18 heavy (non-hydrogen) atoms. The van der Waals surface area contributed by atoms with Crippen molar-refractivity contribution in [2.75, 3.05) is 0 Å². The summed E-state index contributed by atoms with van der Waals surface area (Å²) in [4.78, 5) is 23.2. The molecule has 3 N–H and O–H groups in total. The second kappa shape index (κ2) is 6.19.